The van der Waals surface area contributed by atoms with Crippen LogP contribution in [0, 0.1) is 6.92 Å². The first-order valence-electron chi connectivity index (χ1n) is 8.86. The summed E-state index contributed by atoms with van der Waals surface area (Å²) in [5.41, 5.74) is 2.00. The van der Waals surface area contributed by atoms with Crippen LogP contribution >= 0.6 is 0 Å². The molecule has 0 aromatic heterocycles. The molecule has 0 saturated carbocycles. The molecule has 1 aliphatic heterocycles. The van der Waals surface area contributed by atoms with Gasteiger partial charge in [-0.2, -0.15) is 0 Å². The maximum absolute atomic E-state index is 12.4. The largest absolute Gasteiger partial charge is 0.490 e. The number of hydrogen-bond acceptors (Lipinski definition) is 3. The van der Waals surface area contributed by atoms with E-state index in [0.717, 1.165) is 24.2 Å². The lowest BCUT2D eigenvalue weighted by atomic mass is 10.0. The van der Waals surface area contributed by atoms with Crippen LogP contribution in [-0.2, 0) is 4.79 Å². The monoisotopic (exact) mass is 339 g/mol. The maximum Gasteiger partial charge on any atom is 0.225 e. The molecule has 0 bridgehead atoms. The average Bonchev–Trinajstić information content (AvgIpc) is 2.65. The van der Waals surface area contributed by atoms with E-state index in [-0.39, 0.29) is 18.4 Å². The van der Waals surface area contributed by atoms with E-state index < -0.39 is 6.10 Å². The van der Waals surface area contributed by atoms with Crippen molar-refractivity contribution >= 4 is 5.91 Å². The van der Waals surface area contributed by atoms with Crippen LogP contribution in [0.2, 0.25) is 0 Å². The number of likely N-dealkylation sites (tertiary alicyclic amines) is 1. The molecule has 1 saturated heterocycles. The van der Waals surface area contributed by atoms with Gasteiger partial charge in [0.05, 0.1) is 12.5 Å². The summed E-state index contributed by atoms with van der Waals surface area (Å²) in [7, 11) is 0. The van der Waals surface area contributed by atoms with Crippen molar-refractivity contribution < 1.29 is 14.6 Å². The number of amides is 1. The Hall–Kier alpha value is -2.33. The number of nitrogens with zero attached hydrogens (tertiary/aromatic N) is 1. The highest BCUT2D eigenvalue weighted by molar-refractivity contribution is 5.77. The number of hydrogen-bond donors (Lipinski definition) is 1. The minimum Gasteiger partial charge on any atom is -0.490 e. The van der Waals surface area contributed by atoms with Crippen molar-refractivity contribution in [3.05, 3.63) is 65.7 Å². The van der Waals surface area contributed by atoms with Gasteiger partial charge in [-0.3, -0.25) is 4.79 Å². The van der Waals surface area contributed by atoms with Gasteiger partial charge in [-0.05, 0) is 24.6 Å². The number of aryl methyl sites for hydroxylation is 1. The number of aliphatic hydroxyl groups is 1. The molecule has 1 unspecified atom stereocenters. The predicted octanol–water partition coefficient (Wildman–Crippen LogP) is 3.49. The Morgan fingerprint density at radius 2 is 1.76 bits per heavy atom. The zero-order valence-corrected chi connectivity index (χ0v) is 14.6. The summed E-state index contributed by atoms with van der Waals surface area (Å²) in [6, 6.07) is 17.4. The van der Waals surface area contributed by atoms with Crippen molar-refractivity contribution in [2.24, 2.45) is 0 Å². The second-order valence-electron chi connectivity index (χ2n) is 6.64. The van der Waals surface area contributed by atoms with Crippen LogP contribution in [0.5, 0.6) is 5.75 Å². The molecular weight excluding hydrogens is 314 g/mol. The van der Waals surface area contributed by atoms with Crippen LogP contribution in [0.3, 0.4) is 0 Å². The third kappa shape index (κ3) is 4.83. The highest BCUT2D eigenvalue weighted by Gasteiger charge is 2.25. The fourth-order valence-electron chi connectivity index (χ4n) is 3.12. The van der Waals surface area contributed by atoms with Gasteiger partial charge in [-0.25, -0.2) is 0 Å². The summed E-state index contributed by atoms with van der Waals surface area (Å²) in [6.07, 6.45) is 1.18. The Balaban J connectivity index is 1.46. The van der Waals surface area contributed by atoms with Crippen LogP contribution in [-0.4, -0.2) is 35.1 Å². The molecule has 1 aliphatic rings. The smallest absolute Gasteiger partial charge is 0.225 e. The Bertz CT molecular complexity index is 676. The van der Waals surface area contributed by atoms with Crippen LogP contribution in [0.4, 0.5) is 0 Å². The second-order valence-corrected chi connectivity index (χ2v) is 6.64. The molecule has 0 aliphatic carbocycles. The first-order chi connectivity index (χ1) is 12.1. The molecule has 0 spiro atoms. The summed E-state index contributed by atoms with van der Waals surface area (Å²) in [4.78, 5) is 14.2. The molecule has 4 nitrogen and oxygen atoms in total. The van der Waals surface area contributed by atoms with E-state index in [9.17, 15) is 9.90 Å². The summed E-state index contributed by atoms with van der Waals surface area (Å²) in [5, 5.41) is 10.2. The van der Waals surface area contributed by atoms with E-state index in [0.29, 0.717) is 13.1 Å². The van der Waals surface area contributed by atoms with Gasteiger partial charge in [-0.1, -0.05) is 48.0 Å². The zero-order chi connectivity index (χ0) is 17.6. The van der Waals surface area contributed by atoms with E-state index >= 15 is 0 Å². The molecule has 1 amide bonds. The van der Waals surface area contributed by atoms with Crippen LogP contribution in [0.15, 0.2) is 54.6 Å². The minimum absolute atomic E-state index is 0.00476. The van der Waals surface area contributed by atoms with Crippen LogP contribution in [0.1, 0.15) is 36.5 Å². The molecule has 2 aromatic carbocycles. The summed E-state index contributed by atoms with van der Waals surface area (Å²) in [5.74, 6) is 0.889. The molecule has 1 atom stereocenters. The first kappa shape index (κ1) is 17.5. The van der Waals surface area contributed by atoms with Gasteiger partial charge in [0, 0.05) is 25.9 Å². The van der Waals surface area contributed by atoms with Crippen molar-refractivity contribution in [2.45, 2.75) is 38.4 Å². The topological polar surface area (TPSA) is 49.8 Å². The number of aliphatic hydroxyl groups excluding tert-OH is 1. The molecule has 1 N–H and O–H groups in total. The number of piperidine rings is 1. The molecule has 2 aromatic rings. The van der Waals surface area contributed by atoms with Crippen LogP contribution < -0.4 is 4.74 Å². The highest BCUT2D eigenvalue weighted by Crippen LogP contribution is 2.22. The van der Waals surface area contributed by atoms with E-state index in [4.69, 9.17) is 4.74 Å². The van der Waals surface area contributed by atoms with Gasteiger partial charge in [0.15, 0.2) is 0 Å². The van der Waals surface area contributed by atoms with Crippen molar-refractivity contribution in [2.75, 3.05) is 13.1 Å². The van der Waals surface area contributed by atoms with Gasteiger partial charge in [0.2, 0.25) is 5.91 Å². The van der Waals surface area contributed by atoms with Crippen LogP contribution in [0.25, 0.3) is 0 Å². The van der Waals surface area contributed by atoms with Gasteiger partial charge in [0.25, 0.3) is 0 Å². The third-order valence-corrected chi connectivity index (χ3v) is 4.67. The molecule has 3 rings (SSSR count). The SMILES string of the molecule is Cc1ccc(OC2CCN(C(=O)CC(O)c3ccccc3)CC2)cc1. The quantitative estimate of drug-likeness (QED) is 0.907. The number of carbonyl (C=O) groups excluding carboxylic acids is 1. The van der Waals surface area contributed by atoms with Gasteiger partial charge < -0.3 is 14.7 Å². The normalized spacial score (nSPS) is 16.5. The molecule has 132 valence electrons. The third-order valence-electron chi connectivity index (χ3n) is 4.67. The lowest BCUT2D eigenvalue weighted by Gasteiger charge is -2.32. The van der Waals surface area contributed by atoms with Crippen molar-refractivity contribution in [1.29, 1.82) is 0 Å². The summed E-state index contributed by atoms with van der Waals surface area (Å²) in [6.45, 7) is 3.41. The number of carbonyl (C=O) groups is 1. The Morgan fingerprint density at radius 1 is 1.12 bits per heavy atom. The van der Waals surface area contributed by atoms with E-state index in [1.54, 1.807) is 0 Å². The summed E-state index contributed by atoms with van der Waals surface area (Å²) < 4.78 is 6.00. The molecule has 1 heterocycles. The Kier molecular flexibility index (Phi) is 5.71. The van der Waals surface area contributed by atoms with Gasteiger partial charge in [0.1, 0.15) is 11.9 Å². The molecule has 25 heavy (non-hydrogen) atoms. The first-order valence-corrected chi connectivity index (χ1v) is 8.86. The predicted molar refractivity (Wildman–Crippen MR) is 97.4 cm³/mol. The van der Waals surface area contributed by atoms with E-state index in [2.05, 4.69) is 6.92 Å². The zero-order valence-electron chi connectivity index (χ0n) is 14.6. The average molecular weight is 339 g/mol. The summed E-state index contributed by atoms with van der Waals surface area (Å²) >= 11 is 0. The molecule has 0 radical (unpaired) electrons. The second kappa shape index (κ2) is 8.17. The minimum atomic E-state index is -0.741. The van der Waals surface area contributed by atoms with Gasteiger partial charge in [-0.15, -0.1) is 0 Å². The Labute approximate surface area is 149 Å². The lowest BCUT2D eigenvalue weighted by molar-refractivity contribution is -0.135. The van der Waals surface area contributed by atoms with Gasteiger partial charge >= 0.3 is 0 Å². The molecular formula is C21H25NO3. The number of ether oxygens (including phenoxy) is 1. The maximum atomic E-state index is 12.4. The molecule has 1 fully saturated rings. The Morgan fingerprint density at radius 3 is 2.40 bits per heavy atom. The fraction of sp³-hybridized carbons (Fsp3) is 0.381. The molecule has 4 heteroatoms. The fourth-order valence-corrected chi connectivity index (χ4v) is 3.12. The van der Waals surface area contributed by atoms with Crippen molar-refractivity contribution in [3.63, 3.8) is 0 Å². The lowest BCUT2D eigenvalue weighted by Crippen LogP contribution is -2.42. The number of benzene rings is 2. The van der Waals surface area contributed by atoms with Crippen molar-refractivity contribution in [3.8, 4) is 5.75 Å². The standard InChI is InChI=1S/C21H25NO3/c1-16-7-9-18(10-8-16)25-19-11-13-22(14-12-19)21(24)15-20(23)17-5-3-2-4-6-17/h2-10,19-20,23H,11-15H2,1H3. The highest BCUT2D eigenvalue weighted by atomic mass is 16.5. The van der Waals surface area contributed by atoms with E-state index in [1.807, 2.05) is 59.5 Å². The van der Waals surface area contributed by atoms with Crippen molar-refractivity contribution in [1.82, 2.24) is 4.90 Å². The number of rotatable bonds is 5. The van der Waals surface area contributed by atoms with E-state index in [1.165, 1.54) is 5.56 Å².